The number of rotatable bonds is 3. The minimum Gasteiger partial charge on any atom is -0.308 e. The zero-order chi connectivity index (χ0) is 31.7. The van der Waals surface area contributed by atoms with E-state index in [0.29, 0.717) is 0 Å². The second-order valence-electron chi connectivity index (χ2n) is 14.9. The zero-order valence-corrected chi connectivity index (χ0v) is 27.8. The fourth-order valence-corrected chi connectivity index (χ4v) is 8.31. The molecule has 2 aliphatic heterocycles. The second kappa shape index (κ2) is 9.10. The number of aromatic nitrogens is 1. The van der Waals surface area contributed by atoms with E-state index in [1.54, 1.807) is 0 Å². The SMILES string of the molecule is Cc1ccc(-c2cc3c4c(c2)C(C)(C)c2cc(-c5ccc(C)cc5)cc5c6cc(-c7ccc(C)cc7)cc(c6n-4c25)C3(C)C)cc1. The highest BCUT2D eigenvalue weighted by Gasteiger charge is 2.44. The summed E-state index contributed by atoms with van der Waals surface area (Å²) in [6.07, 6.45) is 0. The summed E-state index contributed by atoms with van der Waals surface area (Å²) in [7, 11) is 0. The van der Waals surface area contributed by atoms with Crippen molar-refractivity contribution in [2.45, 2.75) is 59.3 Å². The molecule has 0 N–H and O–H groups in total. The normalized spacial score (nSPS) is 15.2. The molecule has 0 saturated carbocycles. The summed E-state index contributed by atoms with van der Waals surface area (Å²) in [6.45, 7) is 16.3. The number of benzene rings is 6. The molecule has 0 unspecified atom stereocenters. The molecular weight excluding hydrogens is 555 g/mol. The molecule has 224 valence electrons. The summed E-state index contributed by atoms with van der Waals surface area (Å²) >= 11 is 0. The van der Waals surface area contributed by atoms with E-state index in [0.717, 1.165) is 0 Å². The van der Waals surface area contributed by atoms with Crippen molar-refractivity contribution in [2.75, 3.05) is 0 Å². The Balaban J connectivity index is 1.46. The maximum absolute atomic E-state index is 2.65. The third-order valence-corrected chi connectivity index (χ3v) is 11.1. The van der Waals surface area contributed by atoms with E-state index in [1.165, 1.54) is 99.8 Å². The molecule has 46 heavy (non-hydrogen) atoms. The van der Waals surface area contributed by atoms with Gasteiger partial charge in [0.05, 0.1) is 16.7 Å². The first-order chi connectivity index (χ1) is 22.0. The summed E-state index contributed by atoms with van der Waals surface area (Å²) in [5.74, 6) is 0. The quantitative estimate of drug-likeness (QED) is 0.192. The molecule has 0 radical (unpaired) electrons. The maximum atomic E-state index is 2.65. The van der Waals surface area contributed by atoms with E-state index in [1.807, 2.05) is 0 Å². The van der Waals surface area contributed by atoms with Crippen LogP contribution in [0.2, 0.25) is 0 Å². The van der Waals surface area contributed by atoms with Crippen molar-refractivity contribution in [3.8, 4) is 39.1 Å². The maximum Gasteiger partial charge on any atom is 0.0582 e. The monoisotopic (exact) mass is 593 g/mol. The molecule has 2 aliphatic rings. The van der Waals surface area contributed by atoms with Gasteiger partial charge in [0.25, 0.3) is 0 Å². The van der Waals surface area contributed by atoms with Crippen LogP contribution in [-0.2, 0) is 10.8 Å². The Labute approximate surface area is 272 Å². The lowest BCUT2D eigenvalue weighted by molar-refractivity contribution is 0.594. The Kier molecular flexibility index (Phi) is 5.43. The topological polar surface area (TPSA) is 4.93 Å². The predicted octanol–water partition coefficient (Wildman–Crippen LogP) is 12.0. The first kappa shape index (κ1) is 27.4. The number of hydrogen-bond donors (Lipinski definition) is 0. The van der Waals surface area contributed by atoms with Gasteiger partial charge < -0.3 is 4.57 Å². The molecule has 0 bridgehead atoms. The number of aryl methyl sites for hydroxylation is 3. The van der Waals surface area contributed by atoms with Crippen LogP contribution in [0, 0.1) is 20.8 Å². The molecule has 0 atom stereocenters. The lowest BCUT2D eigenvalue weighted by Crippen LogP contribution is -2.33. The van der Waals surface area contributed by atoms with Crippen molar-refractivity contribution in [3.63, 3.8) is 0 Å². The average molecular weight is 594 g/mol. The summed E-state index contributed by atoms with van der Waals surface area (Å²) < 4.78 is 2.65. The average Bonchev–Trinajstić information content (AvgIpc) is 3.37. The van der Waals surface area contributed by atoms with Crippen molar-refractivity contribution in [1.29, 1.82) is 0 Å². The van der Waals surface area contributed by atoms with Gasteiger partial charge in [0.15, 0.2) is 0 Å². The third-order valence-electron chi connectivity index (χ3n) is 11.1. The van der Waals surface area contributed by atoms with E-state index in [9.17, 15) is 0 Å². The molecule has 0 saturated heterocycles. The molecule has 0 fully saturated rings. The Hall–Kier alpha value is -4.88. The molecule has 9 rings (SSSR count). The molecule has 0 spiro atoms. The smallest absolute Gasteiger partial charge is 0.0582 e. The Morgan fingerprint density at radius 3 is 1.02 bits per heavy atom. The predicted molar refractivity (Wildman–Crippen MR) is 196 cm³/mol. The second-order valence-corrected chi connectivity index (χ2v) is 14.9. The van der Waals surface area contributed by atoms with Gasteiger partial charge in [0.1, 0.15) is 0 Å². The Bertz CT molecular complexity index is 2250. The van der Waals surface area contributed by atoms with Crippen LogP contribution < -0.4 is 0 Å². The highest BCUT2D eigenvalue weighted by molar-refractivity contribution is 6.16. The molecule has 6 aromatic carbocycles. The van der Waals surface area contributed by atoms with Gasteiger partial charge in [-0.2, -0.15) is 0 Å². The summed E-state index contributed by atoms with van der Waals surface area (Å²) in [5, 5.41) is 2.70. The molecule has 3 heterocycles. The van der Waals surface area contributed by atoms with Gasteiger partial charge in [-0.15, -0.1) is 0 Å². The lowest BCUT2D eigenvalue weighted by atomic mass is 9.67. The summed E-state index contributed by atoms with van der Waals surface area (Å²) in [6, 6.07) is 42.0. The molecule has 1 nitrogen and oxygen atoms in total. The van der Waals surface area contributed by atoms with E-state index in [-0.39, 0.29) is 10.8 Å². The fraction of sp³-hybridized carbons (Fsp3) is 0.200. The van der Waals surface area contributed by atoms with Gasteiger partial charge in [0, 0.05) is 21.6 Å². The minimum atomic E-state index is -0.193. The van der Waals surface area contributed by atoms with Crippen molar-refractivity contribution in [2.24, 2.45) is 0 Å². The highest BCUT2D eigenvalue weighted by atomic mass is 15.0. The summed E-state index contributed by atoms with van der Waals surface area (Å²) in [4.78, 5) is 0. The van der Waals surface area contributed by atoms with Gasteiger partial charge in [-0.1, -0.05) is 117 Å². The van der Waals surface area contributed by atoms with Crippen molar-refractivity contribution < 1.29 is 0 Å². The van der Waals surface area contributed by atoms with Gasteiger partial charge in [0.2, 0.25) is 0 Å². The zero-order valence-electron chi connectivity index (χ0n) is 27.8. The number of hydrogen-bond acceptors (Lipinski definition) is 0. The van der Waals surface area contributed by atoms with Crippen molar-refractivity contribution in [3.05, 3.63) is 148 Å². The van der Waals surface area contributed by atoms with Gasteiger partial charge in [-0.3, -0.25) is 0 Å². The van der Waals surface area contributed by atoms with Crippen molar-refractivity contribution >= 4 is 21.8 Å². The molecule has 1 aromatic heterocycles. The molecule has 1 heteroatoms. The molecule has 0 amide bonds. The fourth-order valence-electron chi connectivity index (χ4n) is 8.31. The van der Waals surface area contributed by atoms with Gasteiger partial charge in [-0.05, 0) is 113 Å². The van der Waals surface area contributed by atoms with Crippen LogP contribution in [0.4, 0.5) is 0 Å². The van der Waals surface area contributed by atoms with Crippen molar-refractivity contribution in [1.82, 2.24) is 4.57 Å². The third kappa shape index (κ3) is 3.63. The summed E-state index contributed by atoms with van der Waals surface area (Å²) in [5.41, 5.74) is 20.9. The standard InChI is InChI=1S/C45H39N/c1-26-8-14-29(15-9-26)32-20-35-36-21-33(30-16-10-27(2)11-17-30)23-38-42(36)46-41(35)37(22-32)44(4,5)39-24-34(31-18-12-28(3)13-19-31)25-40(43(39)46)45(38,6)7/h8-25H,1-7H3. The molecular formula is C45H39N. The molecule has 0 aliphatic carbocycles. The van der Waals surface area contributed by atoms with E-state index < -0.39 is 0 Å². The number of nitrogens with zero attached hydrogens (tertiary/aromatic N) is 1. The van der Waals surface area contributed by atoms with Crippen LogP contribution in [0.15, 0.2) is 109 Å². The van der Waals surface area contributed by atoms with Crippen LogP contribution in [0.1, 0.15) is 66.6 Å². The van der Waals surface area contributed by atoms with Crippen LogP contribution in [0.25, 0.3) is 60.9 Å². The first-order valence-corrected chi connectivity index (χ1v) is 16.6. The molecule has 7 aromatic rings. The van der Waals surface area contributed by atoms with E-state index in [4.69, 9.17) is 0 Å². The van der Waals surface area contributed by atoms with Gasteiger partial charge in [-0.25, -0.2) is 0 Å². The van der Waals surface area contributed by atoms with E-state index >= 15 is 0 Å². The number of fused-ring (bicyclic) bond motifs is 1. The Morgan fingerprint density at radius 1 is 0.370 bits per heavy atom. The lowest BCUT2D eigenvalue weighted by Gasteiger charge is -2.42. The van der Waals surface area contributed by atoms with E-state index in [2.05, 4.69) is 162 Å². The van der Waals surface area contributed by atoms with Crippen LogP contribution in [-0.4, -0.2) is 4.57 Å². The van der Waals surface area contributed by atoms with Crippen LogP contribution in [0.3, 0.4) is 0 Å². The van der Waals surface area contributed by atoms with Gasteiger partial charge >= 0.3 is 0 Å². The van der Waals surface area contributed by atoms with Crippen LogP contribution >= 0.6 is 0 Å². The highest BCUT2D eigenvalue weighted by Crippen LogP contribution is 2.57. The van der Waals surface area contributed by atoms with Crippen LogP contribution in [0.5, 0.6) is 0 Å². The first-order valence-electron chi connectivity index (χ1n) is 16.6. The minimum absolute atomic E-state index is 0.193. The largest absolute Gasteiger partial charge is 0.308 e. The Morgan fingerprint density at radius 2 is 0.674 bits per heavy atom.